The lowest BCUT2D eigenvalue weighted by atomic mass is 10.2. The molecule has 3 rings (SSSR count). The van der Waals surface area contributed by atoms with E-state index in [0.717, 1.165) is 5.56 Å². The van der Waals surface area contributed by atoms with Gasteiger partial charge in [-0.25, -0.2) is 8.78 Å². The zero-order valence-electron chi connectivity index (χ0n) is 15.6. The Morgan fingerprint density at radius 3 is 2.41 bits per heavy atom. The Kier molecular flexibility index (Phi) is 7.18. The maximum absolute atomic E-state index is 13.8. The molecule has 0 aromatic heterocycles. The summed E-state index contributed by atoms with van der Waals surface area (Å²) in [5, 5.41) is 3.54. The topological polar surface area (TPSA) is 30.5 Å². The van der Waals surface area contributed by atoms with Gasteiger partial charge in [-0.2, -0.15) is 0 Å². The lowest BCUT2D eigenvalue weighted by molar-refractivity contribution is 0.266. The van der Waals surface area contributed by atoms with E-state index in [1.54, 1.807) is 36.4 Å². The second-order valence-electron chi connectivity index (χ2n) is 6.20. The van der Waals surface area contributed by atoms with E-state index in [2.05, 4.69) is 5.32 Å². The van der Waals surface area contributed by atoms with Gasteiger partial charge in [0.2, 0.25) is 0 Å². The van der Waals surface area contributed by atoms with Crippen LogP contribution in [0.3, 0.4) is 0 Å². The fourth-order valence-corrected chi connectivity index (χ4v) is 3.17. The minimum atomic E-state index is -0.477. The summed E-state index contributed by atoms with van der Waals surface area (Å²) in [6, 6.07) is 14.3. The number of ether oxygens (including phenoxy) is 2. The molecule has 0 radical (unpaired) electrons. The predicted molar refractivity (Wildman–Crippen MR) is 112 cm³/mol. The Hall–Kier alpha value is -2.50. The molecule has 0 aliphatic carbocycles. The molecule has 0 atom stereocenters. The second kappa shape index (κ2) is 9.81. The van der Waals surface area contributed by atoms with Crippen molar-refractivity contribution in [1.29, 1.82) is 0 Å². The Morgan fingerprint density at radius 1 is 0.897 bits per heavy atom. The third kappa shape index (κ3) is 5.52. The molecule has 3 aromatic rings. The SMILES string of the molecule is CCOc1cc(CNc2ccc(F)c(Cl)c2)cc(Cl)c1OCc1ccccc1F. The molecule has 0 saturated heterocycles. The zero-order valence-corrected chi connectivity index (χ0v) is 17.2. The summed E-state index contributed by atoms with van der Waals surface area (Å²) < 4.78 is 38.5. The number of hydrogen-bond donors (Lipinski definition) is 1. The Labute approximate surface area is 178 Å². The van der Waals surface area contributed by atoms with E-state index in [1.807, 2.05) is 6.92 Å². The van der Waals surface area contributed by atoms with Crippen molar-refractivity contribution in [2.45, 2.75) is 20.1 Å². The second-order valence-corrected chi connectivity index (χ2v) is 7.01. The lowest BCUT2D eigenvalue weighted by Gasteiger charge is -2.16. The standard InChI is InChI=1S/C22H19Cl2F2NO2/c1-2-28-21-10-14(12-27-16-7-8-20(26)17(23)11-16)9-18(24)22(21)29-13-15-5-3-4-6-19(15)25/h3-11,27H,2,12-13H2,1H3. The first-order chi connectivity index (χ1) is 14.0. The largest absolute Gasteiger partial charge is 0.490 e. The summed E-state index contributed by atoms with van der Waals surface area (Å²) in [5.74, 6) is -0.00812. The highest BCUT2D eigenvalue weighted by Gasteiger charge is 2.14. The van der Waals surface area contributed by atoms with Gasteiger partial charge in [-0.05, 0) is 48.9 Å². The van der Waals surface area contributed by atoms with Crippen LogP contribution in [0.1, 0.15) is 18.1 Å². The normalized spacial score (nSPS) is 10.7. The van der Waals surface area contributed by atoms with Crippen LogP contribution in [0.4, 0.5) is 14.5 Å². The van der Waals surface area contributed by atoms with Gasteiger partial charge < -0.3 is 14.8 Å². The molecular weight excluding hydrogens is 419 g/mol. The molecule has 0 heterocycles. The van der Waals surface area contributed by atoms with E-state index >= 15 is 0 Å². The third-order valence-electron chi connectivity index (χ3n) is 4.12. The Bertz CT molecular complexity index is 999. The molecule has 0 amide bonds. The zero-order chi connectivity index (χ0) is 20.8. The number of rotatable bonds is 8. The van der Waals surface area contributed by atoms with Gasteiger partial charge >= 0.3 is 0 Å². The van der Waals surface area contributed by atoms with Crippen molar-refractivity contribution in [3.63, 3.8) is 0 Å². The van der Waals surface area contributed by atoms with Gasteiger partial charge in [0.05, 0.1) is 16.7 Å². The molecule has 0 unspecified atom stereocenters. The molecule has 1 N–H and O–H groups in total. The highest BCUT2D eigenvalue weighted by molar-refractivity contribution is 6.32. The maximum Gasteiger partial charge on any atom is 0.180 e. The summed E-state index contributed by atoms with van der Waals surface area (Å²) in [6.45, 7) is 2.70. The van der Waals surface area contributed by atoms with E-state index in [9.17, 15) is 8.78 Å². The van der Waals surface area contributed by atoms with Crippen LogP contribution in [0.2, 0.25) is 10.0 Å². The summed E-state index contributed by atoms with van der Waals surface area (Å²) >= 11 is 12.2. The first-order valence-electron chi connectivity index (χ1n) is 8.98. The minimum Gasteiger partial charge on any atom is -0.490 e. The maximum atomic E-state index is 13.8. The van der Waals surface area contributed by atoms with Crippen molar-refractivity contribution in [2.75, 3.05) is 11.9 Å². The molecular formula is C22H19Cl2F2NO2. The van der Waals surface area contributed by atoms with Crippen molar-refractivity contribution in [1.82, 2.24) is 0 Å². The van der Waals surface area contributed by atoms with Gasteiger partial charge in [0.1, 0.15) is 18.2 Å². The number of anilines is 1. The van der Waals surface area contributed by atoms with Crippen molar-refractivity contribution in [3.05, 3.63) is 87.4 Å². The minimum absolute atomic E-state index is 0.0259. The van der Waals surface area contributed by atoms with Crippen LogP contribution < -0.4 is 14.8 Å². The van der Waals surface area contributed by atoms with Crippen LogP contribution in [0, 0.1) is 11.6 Å². The van der Waals surface area contributed by atoms with Crippen LogP contribution in [-0.4, -0.2) is 6.61 Å². The van der Waals surface area contributed by atoms with Gasteiger partial charge in [-0.1, -0.05) is 41.4 Å². The van der Waals surface area contributed by atoms with E-state index < -0.39 is 5.82 Å². The molecule has 0 fully saturated rings. The van der Waals surface area contributed by atoms with Crippen molar-refractivity contribution in [2.24, 2.45) is 0 Å². The van der Waals surface area contributed by atoms with Gasteiger partial charge in [-0.15, -0.1) is 0 Å². The monoisotopic (exact) mass is 437 g/mol. The van der Waals surface area contributed by atoms with Crippen molar-refractivity contribution < 1.29 is 18.3 Å². The molecule has 29 heavy (non-hydrogen) atoms. The number of hydrogen-bond acceptors (Lipinski definition) is 3. The Morgan fingerprint density at radius 2 is 1.69 bits per heavy atom. The smallest absolute Gasteiger partial charge is 0.180 e. The van der Waals surface area contributed by atoms with Crippen LogP contribution in [0.5, 0.6) is 11.5 Å². The molecule has 3 nitrogen and oxygen atoms in total. The average molecular weight is 438 g/mol. The first kappa shape index (κ1) is 21.2. The summed E-state index contributed by atoms with van der Waals surface area (Å²) in [6.07, 6.45) is 0. The van der Waals surface area contributed by atoms with E-state index in [4.69, 9.17) is 32.7 Å². The molecule has 0 bridgehead atoms. The quantitative estimate of drug-likeness (QED) is 0.417. The highest BCUT2D eigenvalue weighted by atomic mass is 35.5. The molecule has 0 spiro atoms. The molecule has 3 aromatic carbocycles. The summed E-state index contributed by atoms with van der Waals surface area (Å²) in [7, 11) is 0. The summed E-state index contributed by atoms with van der Waals surface area (Å²) in [5.41, 5.74) is 1.92. The van der Waals surface area contributed by atoms with E-state index in [-0.39, 0.29) is 17.4 Å². The third-order valence-corrected chi connectivity index (χ3v) is 4.69. The first-order valence-corrected chi connectivity index (χ1v) is 9.74. The van der Waals surface area contributed by atoms with Crippen molar-refractivity contribution >= 4 is 28.9 Å². The Balaban J connectivity index is 1.76. The fourth-order valence-electron chi connectivity index (χ4n) is 2.70. The number of benzene rings is 3. The fraction of sp³-hybridized carbons (Fsp3) is 0.182. The summed E-state index contributed by atoms with van der Waals surface area (Å²) in [4.78, 5) is 0. The lowest BCUT2D eigenvalue weighted by Crippen LogP contribution is -2.04. The highest BCUT2D eigenvalue weighted by Crippen LogP contribution is 2.37. The van der Waals surface area contributed by atoms with Crippen LogP contribution in [0.25, 0.3) is 0 Å². The van der Waals surface area contributed by atoms with Crippen molar-refractivity contribution in [3.8, 4) is 11.5 Å². The molecule has 0 aliphatic rings. The molecule has 152 valence electrons. The van der Waals surface area contributed by atoms with Gasteiger partial charge in [0, 0.05) is 17.8 Å². The van der Waals surface area contributed by atoms with Gasteiger partial charge in [0.15, 0.2) is 11.5 Å². The molecule has 0 saturated carbocycles. The van der Waals surface area contributed by atoms with Crippen LogP contribution >= 0.6 is 23.2 Å². The van der Waals surface area contributed by atoms with Gasteiger partial charge in [0.25, 0.3) is 0 Å². The van der Waals surface area contributed by atoms with Crippen LogP contribution in [-0.2, 0) is 13.2 Å². The molecule has 7 heteroatoms. The molecule has 0 aliphatic heterocycles. The van der Waals surface area contributed by atoms with E-state index in [1.165, 1.54) is 18.2 Å². The average Bonchev–Trinajstić information content (AvgIpc) is 2.70. The number of nitrogens with one attached hydrogen (secondary N) is 1. The van der Waals surface area contributed by atoms with Crippen LogP contribution in [0.15, 0.2) is 54.6 Å². The predicted octanol–water partition coefficient (Wildman–Crippen LogP) is 6.86. The number of halogens is 4. The van der Waals surface area contributed by atoms with E-state index in [0.29, 0.717) is 40.9 Å². The van der Waals surface area contributed by atoms with Gasteiger partial charge in [-0.3, -0.25) is 0 Å².